The molecule has 2 N–H and O–H groups in total. The van der Waals surface area contributed by atoms with Crippen LogP contribution in [-0.4, -0.2) is 48.9 Å². The molecule has 1 spiro atoms. The molecule has 3 aliphatic heterocycles. The third-order valence-electron chi connectivity index (χ3n) is 6.22. The lowest BCUT2D eigenvalue weighted by Gasteiger charge is -2.30. The van der Waals surface area contributed by atoms with Crippen LogP contribution in [-0.2, 0) is 24.7 Å². The fourth-order valence-corrected chi connectivity index (χ4v) is 5.30. The molecule has 0 aromatic heterocycles. The summed E-state index contributed by atoms with van der Waals surface area (Å²) in [5, 5.41) is 6.79. The fraction of sp³-hybridized carbons (Fsp3) is 0.571. The van der Waals surface area contributed by atoms with Crippen LogP contribution in [0.5, 0.6) is 0 Å². The van der Waals surface area contributed by atoms with E-state index in [2.05, 4.69) is 24.5 Å². The summed E-state index contributed by atoms with van der Waals surface area (Å²) in [7, 11) is 1.59. The van der Waals surface area contributed by atoms with Gasteiger partial charge in [-0.1, -0.05) is 25.4 Å². The van der Waals surface area contributed by atoms with Gasteiger partial charge in [-0.2, -0.15) is 0 Å². The number of nitrogens with zero attached hydrogens (tertiary/aromatic N) is 1. The highest BCUT2D eigenvalue weighted by Crippen LogP contribution is 2.54. The molecule has 2 saturated heterocycles. The van der Waals surface area contributed by atoms with E-state index in [-0.39, 0.29) is 23.8 Å². The number of anilines is 1. The zero-order valence-corrected chi connectivity index (χ0v) is 17.6. The molecule has 4 rings (SSSR count). The van der Waals surface area contributed by atoms with Crippen molar-refractivity contribution in [3.05, 3.63) is 28.8 Å². The number of hydrogen-bond donors (Lipinski definition) is 2. The Kier molecular flexibility index (Phi) is 5.17. The van der Waals surface area contributed by atoms with Gasteiger partial charge in [0.1, 0.15) is 5.54 Å². The maximum Gasteiger partial charge on any atom is 0.250 e. The fourth-order valence-electron chi connectivity index (χ4n) is 5.13. The Morgan fingerprint density at radius 1 is 1.24 bits per heavy atom. The first-order valence-corrected chi connectivity index (χ1v) is 10.4. The Morgan fingerprint density at radius 2 is 2.00 bits per heavy atom. The van der Waals surface area contributed by atoms with Gasteiger partial charge in [-0.15, -0.1) is 0 Å². The summed E-state index contributed by atoms with van der Waals surface area (Å²) in [4.78, 5) is 41.3. The second-order valence-corrected chi connectivity index (χ2v) is 8.95. The molecule has 29 heavy (non-hydrogen) atoms. The van der Waals surface area contributed by atoms with E-state index in [1.807, 2.05) is 0 Å². The van der Waals surface area contributed by atoms with Gasteiger partial charge in [-0.25, -0.2) is 0 Å². The number of likely N-dealkylation sites (tertiary alicyclic amines) is 1. The third kappa shape index (κ3) is 2.98. The molecule has 2 fully saturated rings. The summed E-state index contributed by atoms with van der Waals surface area (Å²) in [6, 6.07) is 4.91. The van der Waals surface area contributed by atoms with Crippen molar-refractivity contribution in [2.45, 2.75) is 38.3 Å². The number of halogens is 1. The SMILES string of the molecule is COCCCN1C(=O)[C@H]2C(CC(C)C)NC3(C(=O)Nc4ccc(Cl)cc43)[C@H]2C1=O. The smallest absolute Gasteiger partial charge is 0.250 e. The molecular formula is C21H26ClN3O4. The molecule has 3 amide bonds. The van der Waals surface area contributed by atoms with Crippen LogP contribution >= 0.6 is 11.6 Å². The maximum absolute atomic E-state index is 13.4. The molecule has 0 bridgehead atoms. The van der Waals surface area contributed by atoms with Gasteiger partial charge in [-0.05, 0) is 37.0 Å². The Labute approximate surface area is 175 Å². The van der Waals surface area contributed by atoms with Crippen molar-refractivity contribution in [1.29, 1.82) is 0 Å². The molecule has 1 aromatic rings. The monoisotopic (exact) mass is 419 g/mol. The van der Waals surface area contributed by atoms with E-state index < -0.39 is 17.4 Å². The summed E-state index contributed by atoms with van der Waals surface area (Å²) < 4.78 is 5.07. The van der Waals surface area contributed by atoms with Gasteiger partial charge in [0, 0.05) is 42.6 Å². The number of rotatable bonds is 6. The predicted octanol–water partition coefficient (Wildman–Crippen LogP) is 2.14. The van der Waals surface area contributed by atoms with Gasteiger partial charge in [0.2, 0.25) is 17.7 Å². The molecule has 3 heterocycles. The van der Waals surface area contributed by atoms with Crippen LogP contribution in [0.1, 0.15) is 32.3 Å². The number of hydrogen-bond acceptors (Lipinski definition) is 5. The quantitative estimate of drug-likeness (QED) is 0.545. The van der Waals surface area contributed by atoms with Crippen molar-refractivity contribution in [3.8, 4) is 0 Å². The summed E-state index contributed by atoms with van der Waals surface area (Å²) in [5.41, 5.74) is 0.0118. The average molecular weight is 420 g/mol. The van der Waals surface area contributed by atoms with Gasteiger partial charge in [0.05, 0.1) is 11.8 Å². The number of amides is 3. The molecular weight excluding hydrogens is 394 g/mol. The zero-order chi connectivity index (χ0) is 20.9. The molecule has 7 nitrogen and oxygen atoms in total. The average Bonchev–Trinajstić information content (AvgIpc) is 3.22. The van der Waals surface area contributed by atoms with Gasteiger partial charge in [0.25, 0.3) is 0 Å². The number of fused-ring (bicyclic) bond motifs is 4. The van der Waals surface area contributed by atoms with Crippen LogP contribution in [0.4, 0.5) is 5.69 Å². The van der Waals surface area contributed by atoms with Gasteiger partial charge >= 0.3 is 0 Å². The molecule has 0 saturated carbocycles. The number of nitrogens with one attached hydrogen (secondary N) is 2. The highest BCUT2D eigenvalue weighted by Gasteiger charge is 2.70. The van der Waals surface area contributed by atoms with E-state index in [0.717, 1.165) is 0 Å². The van der Waals surface area contributed by atoms with Crippen molar-refractivity contribution in [1.82, 2.24) is 10.2 Å². The first-order chi connectivity index (χ1) is 13.8. The van der Waals surface area contributed by atoms with Gasteiger partial charge in [-0.3, -0.25) is 24.6 Å². The van der Waals surface area contributed by atoms with Crippen LogP contribution in [0.25, 0.3) is 0 Å². The largest absolute Gasteiger partial charge is 0.385 e. The molecule has 4 atom stereocenters. The van der Waals surface area contributed by atoms with Crippen molar-refractivity contribution < 1.29 is 19.1 Å². The van der Waals surface area contributed by atoms with E-state index in [1.54, 1.807) is 25.3 Å². The molecule has 3 aliphatic rings. The van der Waals surface area contributed by atoms with E-state index >= 15 is 0 Å². The van der Waals surface area contributed by atoms with Crippen LogP contribution in [0.2, 0.25) is 5.02 Å². The van der Waals surface area contributed by atoms with Crippen molar-refractivity contribution in [3.63, 3.8) is 0 Å². The summed E-state index contributed by atoms with van der Waals surface area (Å²) in [6.07, 6.45) is 1.26. The maximum atomic E-state index is 13.4. The topological polar surface area (TPSA) is 87.7 Å². The number of ether oxygens (including phenoxy) is 1. The molecule has 8 heteroatoms. The normalized spacial score (nSPS) is 30.4. The molecule has 0 radical (unpaired) electrons. The van der Waals surface area contributed by atoms with E-state index in [1.165, 1.54) is 4.90 Å². The van der Waals surface area contributed by atoms with Crippen molar-refractivity contribution >= 4 is 35.0 Å². The van der Waals surface area contributed by atoms with Crippen molar-refractivity contribution in [2.75, 3.05) is 25.6 Å². The Balaban J connectivity index is 1.79. The van der Waals surface area contributed by atoms with Gasteiger partial charge in [0.15, 0.2) is 0 Å². The molecule has 1 aromatic carbocycles. The minimum Gasteiger partial charge on any atom is -0.385 e. The van der Waals surface area contributed by atoms with E-state index in [4.69, 9.17) is 16.3 Å². The Morgan fingerprint density at radius 3 is 2.69 bits per heavy atom. The Bertz CT molecular complexity index is 873. The molecule has 0 aliphatic carbocycles. The zero-order valence-electron chi connectivity index (χ0n) is 16.8. The van der Waals surface area contributed by atoms with Crippen LogP contribution in [0.3, 0.4) is 0 Å². The number of benzene rings is 1. The Hall–Kier alpha value is -1.96. The standard InChI is InChI=1S/C21H26ClN3O4/c1-11(2)9-15-16-17(19(27)25(18(16)26)7-4-8-29-3)21(24-15)13-10-12(22)5-6-14(13)23-20(21)28/h5-6,10-11,15-17,24H,4,7-9H2,1-3H3,(H,23,28)/t15?,16-,17+,21?/m0/s1. The predicted molar refractivity (Wildman–Crippen MR) is 108 cm³/mol. The molecule has 156 valence electrons. The number of carbonyl (C=O) groups excluding carboxylic acids is 3. The van der Waals surface area contributed by atoms with Crippen LogP contribution in [0, 0.1) is 17.8 Å². The summed E-state index contributed by atoms with van der Waals surface area (Å²) in [6.45, 7) is 4.90. The minimum absolute atomic E-state index is 0.200. The van der Waals surface area contributed by atoms with Crippen LogP contribution < -0.4 is 10.6 Å². The van der Waals surface area contributed by atoms with Gasteiger partial charge < -0.3 is 10.1 Å². The first kappa shape index (κ1) is 20.3. The summed E-state index contributed by atoms with van der Waals surface area (Å²) in [5.74, 6) is -1.83. The van der Waals surface area contributed by atoms with E-state index in [9.17, 15) is 14.4 Å². The lowest BCUT2D eigenvalue weighted by atomic mass is 9.76. The lowest BCUT2D eigenvalue weighted by molar-refractivity contribution is -0.143. The van der Waals surface area contributed by atoms with E-state index in [0.29, 0.717) is 48.2 Å². The summed E-state index contributed by atoms with van der Waals surface area (Å²) >= 11 is 6.23. The van der Waals surface area contributed by atoms with Crippen LogP contribution in [0.15, 0.2) is 18.2 Å². The highest BCUT2D eigenvalue weighted by molar-refractivity contribution is 6.31. The van der Waals surface area contributed by atoms with Crippen molar-refractivity contribution in [2.24, 2.45) is 17.8 Å². The minimum atomic E-state index is -1.27. The molecule has 2 unspecified atom stereocenters. The first-order valence-electron chi connectivity index (χ1n) is 10.0. The highest BCUT2D eigenvalue weighted by atomic mass is 35.5. The number of carbonyl (C=O) groups is 3. The second kappa shape index (κ2) is 7.38. The lowest BCUT2D eigenvalue weighted by Crippen LogP contribution is -2.53. The number of methoxy groups -OCH3 is 1. The third-order valence-corrected chi connectivity index (χ3v) is 6.46. The number of imide groups is 1. The second-order valence-electron chi connectivity index (χ2n) is 8.51.